The van der Waals surface area contributed by atoms with Crippen LogP contribution in [0, 0.1) is 5.92 Å². The minimum atomic E-state index is 0.00351. The van der Waals surface area contributed by atoms with Crippen LogP contribution in [0.2, 0.25) is 0 Å². The SMILES string of the molecule is CC(C)CNC(=O)Cn1ccc(CO)c1. The quantitative estimate of drug-likeness (QED) is 0.753. The van der Waals surface area contributed by atoms with Crippen LogP contribution in [-0.4, -0.2) is 22.1 Å². The van der Waals surface area contributed by atoms with Crippen molar-refractivity contribution in [3.63, 3.8) is 0 Å². The maximum Gasteiger partial charge on any atom is 0.239 e. The van der Waals surface area contributed by atoms with Crippen LogP contribution in [0.25, 0.3) is 0 Å². The van der Waals surface area contributed by atoms with E-state index in [-0.39, 0.29) is 12.5 Å². The van der Waals surface area contributed by atoms with Crippen LogP contribution in [0.15, 0.2) is 18.5 Å². The number of aliphatic hydroxyl groups excluding tert-OH is 1. The Bertz CT molecular complexity index is 318. The van der Waals surface area contributed by atoms with Gasteiger partial charge in [0.1, 0.15) is 6.54 Å². The largest absolute Gasteiger partial charge is 0.392 e. The van der Waals surface area contributed by atoms with Crippen LogP contribution in [0.1, 0.15) is 19.4 Å². The summed E-state index contributed by atoms with van der Waals surface area (Å²) < 4.78 is 1.77. The van der Waals surface area contributed by atoms with Crippen molar-refractivity contribution in [2.45, 2.75) is 27.0 Å². The molecule has 4 heteroatoms. The first-order valence-electron chi connectivity index (χ1n) is 5.14. The van der Waals surface area contributed by atoms with Gasteiger partial charge >= 0.3 is 0 Å². The second kappa shape index (κ2) is 5.56. The Morgan fingerprint density at radius 1 is 1.60 bits per heavy atom. The third kappa shape index (κ3) is 4.16. The minimum absolute atomic E-state index is 0.00351. The molecular weight excluding hydrogens is 192 g/mol. The summed E-state index contributed by atoms with van der Waals surface area (Å²) in [5.41, 5.74) is 0.826. The van der Waals surface area contributed by atoms with Crippen molar-refractivity contribution in [1.29, 1.82) is 0 Å². The maximum atomic E-state index is 11.4. The molecule has 84 valence electrons. The van der Waals surface area contributed by atoms with E-state index < -0.39 is 0 Å². The maximum absolute atomic E-state index is 11.4. The Balaban J connectivity index is 2.37. The first-order chi connectivity index (χ1) is 7.11. The molecule has 0 fully saturated rings. The summed E-state index contributed by atoms with van der Waals surface area (Å²) in [4.78, 5) is 11.4. The number of hydrogen-bond acceptors (Lipinski definition) is 2. The lowest BCUT2D eigenvalue weighted by Crippen LogP contribution is -2.30. The van der Waals surface area contributed by atoms with Gasteiger partial charge in [-0.25, -0.2) is 0 Å². The summed E-state index contributed by atoms with van der Waals surface area (Å²) in [6.45, 7) is 5.14. The summed E-state index contributed by atoms with van der Waals surface area (Å²) in [5.74, 6) is 0.468. The minimum Gasteiger partial charge on any atom is -0.392 e. The van der Waals surface area contributed by atoms with Gasteiger partial charge in [0.05, 0.1) is 6.61 Å². The summed E-state index contributed by atoms with van der Waals surface area (Å²) >= 11 is 0. The molecule has 0 bridgehead atoms. The molecule has 1 aromatic heterocycles. The van der Waals surface area contributed by atoms with E-state index >= 15 is 0 Å². The van der Waals surface area contributed by atoms with Gasteiger partial charge in [-0.1, -0.05) is 13.8 Å². The normalized spacial score (nSPS) is 10.7. The van der Waals surface area contributed by atoms with E-state index in [1.165, 1.54) is 0 Å². The van der Waals surface area contributed by atoms with E-state index in [1.807, 2.05) is 0 Å². The van der Waals surface area contributed by atoms with Crippen LogP contribution in [-0.2, 0) is 17.9 Å². The Kier molecular flexibility index (Phi) is 4.37. The van der Waals surface area contributed by atoms with Gasteiger partial charge in [-0.15, -0.1) is 0 Å². The number of carbonyl (C=O) groups excluding carboxylic acids is 1. The first-order valence-corrected chi connectivity index (χ1v) is 5.14. The predicted molar refractivity (Wildman–Crippen MR) is 58.2 cm³/mol. The molecule has 0 aliphatic rings. The Morgan fingerprint density at radius 2 is 2.33 bits per heavy atom. The number of aromatic nitrogens is 1. The van der Waals surface area contributed by atoms with Crippen LogP contribution in [0.5, 0.6) is 0 Å². The van der Waals surface area contributed by atoms with Crippen LogP contribution >= 0.6 is 0 Å². The van der Waals surface area contributed by atoms with Gasteiger partial charge in [0.25, 0.3) is 0 Å². The molecule has 0 saturated heterocycles. The van der Waals surface area contributed by atoms with Gasteiger partial charge in [-0.05, 0) is 17.5 Å². The van der Waals surface area contributed by atoms with Gasteiger partial charge < -0.3 is 15.0 Å². The monoisotopic (exact) mass is 210 g/mol. The van der Waals surface area contributed by atoms with E-state index in [0.29, 0.717) is 19.0 Å². The molecule has 0 unspecified atom stereocenters. The fraction of sp³-hybridized carbons (Fsp3) is 0.545. The Hall–Kier alpha value is -1.29. The fourth-order valence-corrected chi connectivity index (χ4v) is 1.22. The number of aliphatic hydroxyl groups is 1. The molecule has 1 heterocycles. The van der Waals surface area contributed by atoms with Crippen molar-refractivity contribution < 1.29 is 9.90 Å². The standard InChI is InChI=1S/C11H18N2O2/c1-9(2)5-12-11(15)7-13-4-3-10(6-13)8-14/h3-4,6,9,14H,5,7-8H2,1-2H3,(H,12,15). The highest BCUT2D eigenvalue weighted by Gasteiger charge is 2.03. The van der Waals surface area contributed by atoms with Crippen molar-refractivity contribution in [2.24, 2.45) is 5.92 Å². The van der Waals surface area contributed by atoms with E-state index in [0.717, 1.165) is 5.56 Å². The van der Waals surface area contributed by atoms with Crippen molar-refractivity contribution in [1.82, 2.24) is 9.88 Å². The number of carbonyl (C=O) groups is 1. The lowest BCUT2D eigenvalue weighted by atomic mass is 10.2. The molecule has 0 atom stereocenters. The number of amides is 1. The lowest BCUT2D eigenvalue weighted by Gasteiger charge is -2.07. The van der Waals surface area contributed by atoms with E-state index in [1.54, 1.807) is 23.0 Å². The van der Waals surface area contributed by atoms with E-state index in [9.17, 15) is 4.79 Å². The lowest BCUT2D eigenvalue weighted by molar-refractivity contribution is -0.121. The third-order valence-electron chi connectivity index (χ3n) is 2.03. The molecule has 1 rings (SSSR count). The molecular formula is C11H18N2O2. The average molecular weight is 210 g/mol. The molecule has 0 aliphatic heterocycles. The molecule has 0 aliphatic carbocycles. The van der Waals surface area contributed by atoms with Crippen molar-refractivity contribution in [2.75, 3.05) is 6.54 Å². The third-order valence-corrected chi connectivity index (χ3v) is 2.03. The highest BCUT2D eigenvalue weighted by atomic mass is 16.3. The summed E-state index contributed by atoms with van der Waals surface area (Å²) in [7, 11) is 0. The smallest absolute Gasteiger partial charge is 0.239 e. The zero-order valence-electron chi connectivity index (χ0n) is 9.23. The van der Waals surface area contributed by atoms with Crippen LogP contribution in [0.4, 0.5) is 0 Å². The van der Waals surface area contributed by atoms with E-state index in [4.69, 9.17) is 5.11 Å². The fourth-order valence-electron chi connectivity index (χ4n) is 1.22. The molecule has 2 N–H and O–H groups in total. The van der Waals surface area contributed by atoms with Gasteiger partial charge in [0.2, 0.25) is 5.91 Å². The van der Waals surface area contributed by atoms with Crippen LogP contribution in [0.3, 0.4) is 0 Å². The van der Waals surface area contributed by atoms with Crippen LogP contribution < -0.4 is 5.32 Å². The van der Waals surface area contributed by atoms with E-state index in [2.05, 4.69) is 19.2 Å². The highest BCUT2D eigenvalue weighted by Crippen LogP contribution is 2.00. The summed E-state index contributed by atoms with van der Waals surface area (Å²) in [6, 6.07) is 1.80. The number of nitrogens with one attached hydrogen (secondary N) is 1. The number of rotatable bonds is 5. The predicted octanol–water partition coefficient (Wildman–Crippen LogP) is 0.753. The zero-order chi connectivity index (χ0) is 11.3. The molecule has 15 heavy (non-hydrogen) atoms. The zero-order valence-corrected chi connectivity index (χ0v) is 9.23. The molecule has 1 aromatic rings. The number of nitrogens with zero attached hydrogens (tertiary/aromatic N) is 1. The summed E-state index contributed by atoms with van der Waals surface area (Å²) in [6.07, 6.45) is 3.56. The molecule has 1 amide bonds. The first kappa shape index (κ1) is 11.8. The molecule has 0 aromatic carbocycles. The second-order valence-electron chi connectivity index (χ2n) is 4.05. The highest BCUT2D eigenvalue weighted by molar-refractivity contribution is 5.75. The number of hydrogen-bond donors (Lipinski definition) is 2. The topological polar surface area (TPSA) is 54.3 Å². The van der Waals surface area contributed by atoms with Gasteiger partial charge in [0.15, 0.2) is 0 Å². The van der Waals surface area contributed by atoms with Gasteiger partial charge in [0, 0.05) is 18.9 Å². The Labute approximate surface area is 89.9 Å². The average Bonchev–Trinajstić information content (AvgIpc) is 2.62. The molecule has 0 saturated carbocycles. The van der Waals surface area contributed by atoms with Gasteiger partial charge in [-0.2, -0.15) is 0 Å². The van der Waals surface area contributed by atoms with Crippen molar-refractivity contribution in [3.05, 3.63) is 24.0 Å². The van der Waals surface area contributed by atoms with Crippen molar-refractivity contribution >= 4 is 5.91 Å². The second-order valence-corrected chi connectivity index (χ2v) is 4.05. The summed E-state index contributed by atoms with van der Waals surface area (Å²) in [5, 5.41) is 11.7. The van der Waals surface area contributed by atoms with Crippen molar-refractivity contribution in [3.8, 4) is 0 Å². The van der Waals surface area contributed by atoms with Gasteiger partial charge in [-0.3, -0.25) is 4.79 Å². The Morgan fingerprint density at radius 3 is 2.87 bits per heavy atom. The molecule has 0 spiro atoms. The molecule has 4 nitrogen and oxygen atoms in total. The molecule has 0 radical (unpaired) electrons.